The number of hydrogen-bond acceptors (Lipinski definition) is 4. The van der Waals surface area contributed by atoms with Crippen LogP contribution in [0, 0.1) is 0 Å². The van der Waals surface area contributed by atoms with E-state index < -0.39 is 0 Å². The number of pyridine rings is 1. The predicted octanol–water partition coefficient (Wildman–Crippen LogP) is 3.78. The van der Waals surface area contributed by atoms with Gasteiger partial charge in [0.25, 0.3) is 0 Å². The van der Waals surface area contributed by atoms with Crippen LogP contribution in [0.4, 0.5) is 5.69 Å². The molecule has 2 N–H and O–H groups in total. The minimum atomic E-state index is 0.666. The first kappa shape index (κ1) is 14.4. The summed E-state index contributed by atoms with van der Waals surface area (Å²) in [6.07, 6.45) is 3.84. The lowest BCUT2D eigenvalue weighted by Gasteiger charge is -2.13. The van der Waals surface area contributed by atoms with Crippen LogP contribution in [0.1, 0.15) is 0 Å². The number of fused-ring (bicyclic) bond motifs is 2. The average molecular weight is 319 g/mol. The molecule has 4 rings (SSSR count). The summed E-state index contributed by atoms with van der Waals surface area (Å²) in [6, 6.07) is 13.8. The van der Waals surface area contributed by atoms with Gasteiger partial charge in [-0.3, -0.25) is 4.98 Å². The number of ether oxygens (including phenoxy) is 2. The van der Waals surface area contributed by atoms with Gasteiger partial charge in [-0.25, -0.2) is 0 Å². The molecular formula is C19H17N3O2. The molecule has 0 bridgehead atoms. The summed E-state index contributed by atoms with van der Waals surface area (Å²) >= 11 is 0. The molecule has 5 nitrogen and oxygen atoms in total. The zero-order valence-corrected chi connectivity index (χ0v) is 13.5. The van der Waals surface area contributed by atoms with Crippen LogP contribution in [0.2, 0.25) is 0 Å². The van der Waals surface area contributed by atoms with E-state index in [0.29, 0.717) is 11.5 Å². The van der Waals surface area contributed by atoms with Crippen molar-refractivity contribution in [3.8, 4) is 17.2 Å². The van der Waals surface area contributed by atoms with Crippen LogP contribution in [0.3, 0.4) is 0 Å². The first-order chi connectivity index (χ1) is 11.7. The number of benzene rings is 2. The Balaban J connectivity index is 2.02. The fourth-order valence-electron chi connectivity index (χ4n) is 3.04. The minimum Gasteiger partial charge on any atom is -0.493 e. The average Bonchev–Trinajstić information content (AvgIpc) is 3.02. The smallest absolute Gasteiger partial charge is 0.162 e. The fourth-order valence-corrected chi connectivity index (χ4v) is 3.04. The third-order valence-corrected chi connectivity index (χ3v) is 4.20. The van der Waals surface area contributed by atoms with Gasteiger partial charge < -0.3 is 19.8 Å². The van der Waals surface area contributed by atoms with Crippen LogP contribution >= 0.6 is 0 Å². The van der Waals surface area contributed by atoms with Crippen molar-refractivity contribution in [1.29, 1.82) is 0 Å². The maximum Gasteiger partial charge on any atom is 0.162 e. The first-order valence-electron chi connectivity index (χ1n) is 7.59. The van der Waals surface area contributed by atoms with Gasteiger partial charge in [0, 0.05) is 34.9 Å². The highest BCUT2D eigenvalue weighted by Crippen LogP contribution is 2.35. The lowest BCUT2D eigenvalue weighted by atomic mass is 10.1. The lowest BCUT2D eigenvalue weighted by Crippen LogP contribution is -1.97. The van der Waals surface area contributed by atoms with E-state index >= 15 is 0 Å². The van der Waals surface area contributed by atoms with Crippen molar-refractivity contribution >= 4 is 27.5 Å². The van der Waals surface area contributed by atoms with Crippen molar-refractivity contribution in [1.82, 2.24) is 9.55 Å². The second-order valence-corrected chi connectivity index (χ2v) is 5.56. The summed E-state index contributed by atoms with van der Waals surface area (Å²) < 4.78 is 12.9. The Morgan fingerprint density at radius 3 is 2.54 bits per heavy atom. The number of aromatic nitrogens is 2. The summed E-state index contributed by atoms with van der Waals surface area (Å²) in [6.45, 7) is 0. The fraction of sp³-hybridized carbons (Fsp3) is 0.105. The quantitative estimate of drug-likeness (QED) is 0.584. The summed E-state index contributed by atoms with van der Waals surface area (Å²) in [5.74, 6) is 1.35. The molecule has 0 aliphatic carbocycles. The molecule has 0 unspecified atom stereocenters. The van der Waals surface area contributed by atoms with Gasteiger partial charge in [0.15, 0.2) is 11.5 Å². The van der Waals surface area contributed by atoms with E-state index in [4.69, 9.17) is 15.2 Å². The van der Waals surface area contributed by atoms with Gasteiger partial charge in [-0.05, 0) is 36.4 Å². The van der Waals surface area contributed by atoms with Crippen molar-refractivity contribution in [2.45, 2.75) is 0 Å². The molecule has 5 heteroatoms. The van der Waals surface area contributed by atoms with E-state index in [2.05, 4.69) is 15.6 Å². The molecule has 0 saturated heterocycles. The zero-order valence-electron chi connectivity index (χ0n) is 13.5. The Bertz CT molecular complexity index is 1050. The normalized spacial score (nSPS) is 11.1. The Hall–Kier alpha value is -3.21. The number of methoxy groups -OCH3 is 2. The van der Waals surface area contributed by atoms with Crippen LogP contribution in [0.15, 0.2) is 54.9 Å². The monoisotopic (exact) mass is 319 g/mol. The van der Waals surface area contributed by atoms with E-state index in [9.17, 15) is 0 Å². The number of anilines is 1. The summed E-state index contributed by atoms with van der Waals surface area (Å²) in [5.41, 5.74) is 9.61. The molecule has 0 aliphatic rings. The number of nitrogens with two attached hydrogens (primary N) is 1. The van der Waals surface area contributed by atoms with Gasteiger partial charge in [0.2, 0.25) is 0 Å². The molecule has 120 valence electrons. The third-order valence-electron chi connectivity index (χ3n) is 4.20. The number of nitrogens with zero attached hydrogens (tertiary/aromatic N) is 2. The second-order valence-electron chi connectivity index (χ2n) is 5.56. The van der Waals surface area contributed by atoms with Gasteiger partial charge in [0.05, 0.1) is 30.9 Å². The zero-order chi connectivity index (χ0) is 16.7. The third kappa shape index (κ3) is 2.13. The highest BCUT2D eigenvalue weighted by molar-refractivity contribution is 5.93. The van der Waals surface area contributed by atoms with Crippen LogP contribution in [-0.4, -0.2) is 23.8 Å². The van der Waals surface area contributed by atoms with Crippen molar-refractivity contribution in [3.05, 3.63) is 54.9 Å². The van der Waals surface area contributed by atoms with Crippen molar-refractivity contribution < 1.29 is 9.47 Å². The molecule has 0 fully saturated rings. The van der Waals surface area contributed by atoms with E-state index in [-0.39, 0.29) is 0 Å². The number of rotatable bonds is 3. The molecule has 2 heterocycles. The Morgan fingerprint density at radius 2 is 1.75 bits per heavy atom. The molecule has 0 amide bonds. The Labute approximate surface area is 139 Å². The summed E-state index contributed by atoms with van der Waals surface area (Å²) in [5, 5.41) is 2.09. The Morgan fingerprint density at radius 1 is 0.958 bits per heavy atom. The molecule has 0 atom stereocenters. The highest BCUT2D eigenvalue weighted by Gasteiger charge is 2.12. The molecule has 0 saturated carbocycles. The topological polar surface area (TPSA) is 62.3 Å². The first-order valence-corrected chi connectivity index (χ1v) is 7.59. The molecule has 24 heavy (non-hydrogen) atoms. The Kier molecular flexibility index (Phi) is 3.27. The van der Waals surface area contributed by atoms with Crippen LogP contribution in [0.5, 0.6) is 11.5 Å². The van der Waals surface area contributed by atoms with E-state index in [1.807, 2.05) is 42.6 Å². The summed E-state index contributed by atoms with van der Waals surface area (Å²) in [7, 11) is 3.25. The summed E-state index contributed by atoms with van der Waals surface area (Å²) in [4.78, 5) is 4.46. The van der Waals surface area contributed by atoms with Gasteiger partial charge in [-0.2, -0.15) is 0 Å². The number of nitrogen functional groups attached to an aromatic ring is 1. The van der Waals surface area contributed by atoms with Crippen molar-refractivity contribution in [2.24, 2.45) is 0 Å². The molecule has 0 radical (unpaired) electrons. The van der Waals surface area contributed by atoms with E-state index in [1.54, 1.807) is 20.4 Å². The van der Waals surface area contributed by atoms with Gasteiger partial charge in [-0.15, -0.1) is 0 Å². The molecule has 4 aromatic rings. The van der Waals surface area contributed by atoms with Crippen LogP contribution < -0.4 is 15.2 Å². The molecule has 2 aromatic carbocycles. The maximum atomic E-state index is 5.88. The van der Waals surface area contributed by atoms with Crippen molar-refractivity contribution in [2.75, 3.05) is 20.0 Å². The van der Waals surface area contributed by atoms with Crippen LogP contribution in [0.25, 0.3) is 27.5 Å². The SMILES string of the molecule is COc1cc2nccc(-n3ccc4cc(N)ccc43)c2cc1OC. The highest BCUT2D eigenvalue weighted by atomic mass is 16.5. The predicted molar refractivity (Wildman–Crippen MR) is 96.1 cm³/mol. The molecule has 0 aliphatic heterocycles. The number of hydrogen-bond donors (Lipinski definition) is 1. The van der Waals surface area contributed by atoms with Gasteiger partial charge >= 0.3 is 0 Å². The van der Waals surface area contributed by atoms with Gasteiger partial charge in [-0.1, -0.05) is 0 Å². The molecule has 2 aromatic heterocycles. The van der Waals surface area contributed by atoms with Crippen LogP contribution in [-0.2, 0) is 0 Å². The molecule has 0 spiro atoms. The molecular weight excluding hydrogens is 302 g/mol. The standard InChI is InChI=1S/C19H17N3O2/c1-23-18-10-14-15(11-19(18)24-2)21-7-5-17(14)22-8-6-12-9-13(20)3-4-16(12)22/h3-11H,20H2,1-2H3. The second kappa shape index (κ2) is 5.45. The maximum absolute atomic E-state index is 5.88. The lowest BCUT2D eigenvalue weighted by molar-refractivity contribution is 0.356. The minimum absolute atomic E-state index is 0.666. The van der Waals surface area contributed by atoms with E-state index in [0.717, 1.165) is 33.2 Å². The van der Waals surface area contributed by atoms with E-state index in [1.165, 1.54) is 0 Å². The largest absolute Gasteiger partial charge is 0.493 e. The van der Waals surface area contributed by atoms with Crippen molar-refractivity contribution in [3.63, 3.8) is 0 Å². The van der Waals surface area contributed by atoms with Gasteiger partial charge in [0.1, 0.15) is 0 Å².